The number of nitrogens with two attached hydrogens (primary N) is 1. The minimum absolute atomic E-state index is 0.222. The van der Waals surface area contributed by atoms with Crippen molar-refractivity contribution >= 4 is 5.69 Å². The van der Waals surface area contributed by atoms with E-state index in [1.54, 1.807) is 24.3 Å². The molecule has 3 nitrogen and oxygen atoms in total. The van der Waals surface area contributed by atoms with Gasteiger partial charge in [0.25, 0.3) is 0 Å². The first kappa shape index (κ1) is 13.4. The van der Waals surface area contributed by atoms with Crippen molar-refractivity contribution in [2.45, 2.75) is 13.1 Å². The van der Waals surface area contributed by atoms with Crippen molar-refractivity contribution in [2.24, 2.45) is 0 Å². The second kappa shape index (κ2) is 5.71. The quantitative estimate of drug-likeness (QED) is 0.656. The Bertz CT molecular complexity index is 572. The number of hydrogen-bond acceptors (Lipinski definition) is 3. The third kappa shape index (κ3) is 3.69. The first-order valence-corrected chi connectivity index (χ1v) is 6.05. The summed E-state index contributed by atoms with van der Waals surface area (Å²) >= 11 is 0. The zero-order valence-corrected chi connectivity index (χ0v) is 10.8. The molecule has 0 bridgehead atoms. The third-order valence-electron chi connectivity index (χ3n) is 2.89. The molecule has 0 fully saturated rings. The maximum absolute atomic E-state index is 13.1. The van der Waals surface area contributed by atoms with Gasteiger partial charge in [-0.15, -0.1) is 0 Å². The number of rotatable bonds is 4. The lowest BCUT2D eigenvalue weighted by molar-refractivity contribution is 0.312. The van der Waals surface area contributed by atoms with Crippen molar-refractivity contribution in [2.75, 3.05) is 12.8 Å². The molecule has 0 amide bonds. The van der Waals surface area contributed by atoms with Crippen LogP contribution in [0, 0.1) is 5.82 Å². The van der Waals surface area contributed by atoms with Crippen LogP contribution in [0.2, 0.25) is 0 Å². The van der Waals surface area contributed by atoms with Gasteiger partial charge in [-0.3, -0.25) is 4.90 Å². The minimum Gasteiger partial charge on any atom is -0.508 e. The number of hydrogen-bond donors (Lipinski definition) is 2. The van der Waals surface area contributed by atoms with E-state index in [-0.39, 0.29) is 11.6 Å². The number of aromatic hydroxyl groups is 1. The van der Waals surface area contributed by atoms with Gasteiger partial charge in [0, 0.05) is 24.3 Å². The highest BCUT2D eigenvalue weighted by Crippen LogP contribution is 2.21. The van der Waals surface area contributed by atoms with E-state index in [1.807, 2.05) is 18.0 Å². The number of phenols is 1. The molecule has 0 saturated heterocycles. The molecule has 4 heteroatoms. The Balaban J connectivity index is 2.05. The normalized spacial score (nSPS) is 10.9. The molecule has 3 N–H and O–H groups in total. The van der Waals surface area contributed by atoms with E-state index in [4.69, 9.17) is 5.73 Å². The molecule has 0 saturated carbocycles. The SMILES string of the molecule is CN(Cc1cccc(F)c1)Cc1cc(N)ccc1O. The van der Waals surface area contributed by atoms with Gasteiger partial charge in [0.1, 0.15) is 11.6 Å². The van der Waals surface area contributed by atoms with E-state index < -0.39 is 0 Å². The molecular formula is C15H17FN2O. The molecule has 2 rings (SSSR count). The summed E-state index contributed by atoms with van der Waals surface area (Å²) in [5, 5.41) is 9.75. The lowest BCUT2D eigenvalue weighted by Crippen LogP contribution is -2.17. The highest BCUT2D eigenvalue weighted by atomic mass is 19.1. The van der Waals surface area contributed by atoms with Crippen molar-refractivity contribution in [3.63, 3.8) is 0 Å². The zero-order valence-electron chi connectivity index (χ0n) is 10.8. The highest BCUT2D eigenvalue weighted by molar-refractivity contribution is 5.47. The van der Waals surface area contributed by atoms with E-state index in [1.165, 1.54) is 12.1 Å². The predicted octanol–water partition coefficient (Wildman–Crippen LogP) is 2.75. The molecule has 0 atom stereocenters. The van der Waals surface area contributed by atoms with E-state index in [9.17, 15) is 9.50 Å². The third-order valence-corrected chi connectivity index (χ3v) is 2.89. The Morgan fingerprint density at radius 1 is 1.16 bits per heavy atom. The van der Waals surface area contributed by atoms with E-state index >= 15 is 0 Å². The van der Waals surface area contributed by atoms with Gasteiger partial charge < -0.3 is 10.8 Å². The maximum atomic E-state index is 13.1. The Labute approximate surface area is 112 Å². The fourth-order valence-electron chi connectivity index (χ4n) is 2.03. The van der Waals surface area contributed by atoms with Gasteiger partial charge in [0.2, 0.25) is 0 Å². The fourth-order valence-corrected chi connectivity index (χ4v) is 2.03. The van der Waals surface area contributed by atoms with Crippen LogP contribution in [0.25, 0.3) is 0 Å². The Morgan fingerprint density at radius 2 is 1.95 bits per heavy atom. The molecule has 0 radical (unpaired) electrons. The molecule has 2 aromatic rings. The molecule has 2 aromatic carbocycles. The summed E-state index contributed by atoms with van der Waals surface area (Å²) in [4.78, 5) is 1.99. The average Bonchev–Trinajstić information content (AvgIpc) is 2.34. The summed E-state index contributed by atoms with van der Waals surface area (Å²) < 4.78 is 13.1. The van der Waals surface area contributed by atoms with Crippen LogP contribution < -0.4 is 5.73 Å². The number of nitrogen functional groups attached to an aromatic ring is 1. The fraction of sp³-hybridized carbons (Fsp3) is 0.200. The highest BCUT2D eigenvalue weighted by Gasteiger charge is 2.07. The van der Waals surface area contributed by atoms with Crippen LogP contribution in [-0.4, -0.2) is 17.1 Å². The molecule has 100 valence electrons. The molecule has 0 aromatic heterocycles. The lowest BCUT2D eigenvalue weighted by atomic mass is 10.1. The first-order valence-electron chi connectivity index (χ1n) is 6.05. The number of phenolic OH excluding ortho intramolecular Hbond substituents is 1. The molecule has 0 spiro atoms. The summed E-state index contributed by atoms with van der Waals surface area (Å²) in [5.74, 6) is -0.0157. The van der Waals surface area contributed by atoms with Gasteiger partial charge in [0.05, 0.1) is 0 Å². The van der Waals surface area contributed by atoms with Crippen LogP contribution in [0.15, 0.2) is 42.5 Å². The van der Waals surface area contributed by atoms with E-state index in [0.29, 0.717) is 18.8 Å². The standard InChI is InChI=1S/C15H17FN2O/c1-18(9-11-3-2-4-13(16)7-11)10-12-8-14(17)5-6-15(12)19/h2-8,19H,9-10,17H2,1H3. The van der Waals surface area contributed by atoms with Crippen LogP contribution in [-0.2, 0) is 13.1 Å². The van der Waals surface area contributed by atoms with Crippen LogP contribution in [0.3, 0.4) is 0 Å². The number of halogens is 1. The smallest absolute Gasteiger partial charge is 0.123 e. The Hall–Kier alpha value is -2.07. The first-order chi connectivity index (χ1) is 9.04. The van der Waals surface area contributed by atoms with Crippen LogP contribution in [0.4, 0.5) is 10.1 Å². The number of benzene rings is 2. The van der Waals surface area contributed by atoms with Crippen LogP contribution in [0.1, 0.15) is 11.1 Å². The molecule has 0 aliphatic rings. The van der Waals surface area contributed by atoms with E-state index in [2.05, 4.69) is 0 Å². The minimum atomic E-state index is -0.238. The summed E-state index contributed by atoms with van der Waals surface area (Å²) in [6.45, 7) is 1.15. The van der Waals surface area contributed by atoms with Gasteiger partial charge in [-0.05, 0) is 42.9 Å². The molecule has 19 heavy (non-hydrogen) atoms. The molecule has 0 aliphatic heterocycles. The predicted molar refractivity (Wildman–Crippen MR) is 74.1 cm³/mol. The average molecular weight is 260 g/mol. The van der Waals surface area contributed by atoms with Gasteiger partial charge in [-0.25, -0.2) is 4.39 Å². The van der Waals surface area contributed by atoms with Gasteiger partial charge in [-0.2, -0.15) is 0 Å². The van der Waals surface area contributed by atoms with Crippen molar-refractivity contribution in [1.29, 1.82) is 0 Å². The lowest BCUT2D eigenvalue weighted by Gasteiger charge is -2.17. The zero-order chi connectivity index (χ0) is 13.8. The summed E-state index contributed by atoms with van der Waals surface area (Å²) in [6, 6.07) is 11.5. The molecular weight excluding hydrogens is 243 g/mol. The second-order valence-electron chi connectivity index (χ2n) is 4.69. The van der Waals surface area contributed by atoms with Gasteiger partial charge in [-0.1, -0.05) is 12.1 Å². The summed E-state index contributed by atoms with van der Waals surface area (Å²) in [6.07, 6.45) is 0. The number of anilines is 1. The van der Waals surface area contributed by atoms with Gasteiger partial charge >= 0.3 is 0 Å². The summed E-state index contributed by atoms with van der Waals surface area (Å²) in [5.41, 5.74) is 7.97. The number of nitrogens with zero attached hydrogens (tertiary/aromatic N) is 1. The summed E-state index contributed by atoms with van der Waals surface area (Å²) in [7, 11) is 1.91. The van der Waals surface area contributed by atoms with Crippen molar-refractivity contribution < 1.29 is 9.50 Å². The topological polar surface area (TPSA) is 49.5 Å². The Morgan fingerprint density at radius 3 is 2.68 bits per heavy atom. The monoisotopic (exact) mass is 260 g/mol. The maximum Gasteiger partial charge on any atom is 0.123 e. The van der Waals surface area contributed by atoms with Crippen molar-refractivity contribution in [3.8, 4) is 5.75 Å². The van der Waals surface area contributed by atoms with Crippen LogP contribution in [0.5, 0.6) is 5.75 Å². The Kier molecular flexibility index (Phi) is 4.02. The largest absolute Gasteiger partial charge is 0.508 e. The molecule has 0 aliphatic carbocycles. The van der Waals surface area contributed by atoms with Crippen molar-refractivity contribution in [1.82, 2.24) is 4.90 Å². The van der Waals surface area contributed by atoms with Crippen molar-refractivity contribution in [3.05, 3.63) is 59.4 Å². The second-order valence-corrected chi connectivity index (χ2v) is 4.69. The van der Waals surface area contributed by atoms with E-state index in [0.717, 1.165) is 11.1 Å². The van der Waals surface area contributed by atoms with Crippen LogP contribution >= 0.6 is 0 Å². The van der Waals surface area contributed by atoms with Gasteiger partial charge in [0.15, 0.2) is 0 Å². The molecule has 0 unspecified atom stereocenters. The molecule has 0 heterocycles.